The Bertz CT molecular complexity index is 1000. The van der Waals surface area contributed by atoms with Gasteiger partial charge in [-0.2, -0.15) is 0 Å². The van der Waals surface area contributed by atoms with Crippen LogP contribution in [0.1, 0.15) is 16.8 Å². The molecule has 0 unspecified atom stereocenters. The molecule has 4 rings (SSSR count). The van der Waals surface area contributed by atoms with E-state index in [0.29, 0.717) is 19.0 Å². The maximum Gasteiger partial charge on any atom is 0.255 e. The van der Waals surface area contributed by atoms with E-state index in [0.717, 1.165) is 48.6 Å². The molecule has 0 radical (unpaired) electrons. The Morgan fingerprint density at radius 2 is 1.90 bits per heavy atom. The lowest BCUT2D eigenvalue weighted by molar-refractivity contribution is 0.233. The van der Waals surface area contributed by atoms with Crippen LogP contribution in [-0.2, 0) is 19.5 Å². The van der Waals surface area contributed by atoms with Gasteiger partial charge in [0.15, 0.2) is 0 Å². The van der Waals surface area contributed by atoms with Crippen LogP contribution in [0.4, 0.5) is 0 Å². The predicted octanol–water partition coefficient (Wildman–Crippen LogP) is 2.59. The first kappa shape index (κ1) is 19.4. The van der Waals surface area contributed by atoms with Gasteiger partial charge in [0.2, 0.25) is 0 Å². The average molecular weight is 390 g/mol. The zero-order valence-corrected chi connectivity index (χ0v) is 16.6. The minimum Gasteiger partial charge on any atom is -0.492 e. The number of aromatic nitrogens is 2. The van der Waals surface area contributed by atoms with Crippen LogP contribution in [0.5, 0.6) is 5.75 Å². The minimum atomic E-state index is -0.0422. The number of likely N-dealkylation sites (N-methyl/N-ethyl adjacent to an activating group) is 1. The van der Waals surface area contributed by atoms with Gasteiger partial charge in [-0.15, -0.1) is 0 Å². The molecule has 6 nitrogen and oxygen atoms in total. The Labute approximate surface area is 170 Å². The Hall–Kier alpha value is -2.96. The summed E-state index contributed by atoms with van der Waals surface area (Å²) in [5.41, 5.74) is 3.77. The monoisotopic (exact) mass is 390 g/mol. The molecule has 0 saturated heterocycles. The molecule has 150 valence electrons. The highest BCUT2D eigenvalue weighted by molar-refractivity contribution is 5.55. The van der Waals surface area contributed by atoms with Crippen molar-refractivity contribution >= 4 is 0 Å². The van der Waals surface area contributed by atoms with Crippen LogP contribution in [0, 0.1) is 0 Å². The van der Waals surface area contributed by atoms with E-state index in [4.69, 9.17) is 4.74 Å². The Balaban J connectivity index is 1.35. The number of fused-ring (bicyclic) bond motifs is 1. The SMILES string of the molecule is CN(CCOc1ccccc1)Cc1ccc(-c2nc3c(c(=O)[nH]2)CNCC3)cc1. The third kappa shape index (κ3) is 4.91. The number of hydrogen-bond acceptors (Lipinski definition) is 5. The lowest BCUT2D eigenvalue weighted by atomic mass is 10.1. The van der Waals surface area contributed by atoms with Crippen molar-refractivity contribution in [2.75, 3.05) is 26.7 Å². The largest absolute Gasteiger partial charge is 0.492 e. The number of ether oxygens (including phenoxy) is 1. The summed E-state index contributed by atoms with van der Waals surface area (Å²) in [6.07, 6.45) is 0.792. The lowest BCUT2D eigenvalue weighted by Gasteiger charge is -2.18. The maximum absolute atomic E-state index is 12.3. The van der Waals surface area contributed by atoms with Gasteiger partial charge in [-0.25, -0.2) is 4.98 Å². The first-order chi connectivity index (χ1) is 14.2. The first-order valence-electron chi connectivity index (χ1n) is 9.97. The average Bonchev–Trinajstić information content (AvgIpc) is 2.75. The fraction of sp³-hybridized carbons (Fsp3) is 0.304. The molecule has 0 amide bonds. The zero-order valence-electron chi connectivity index (χ0n) is 16.6. The molecule has 1 aliphatic rings. The van der Waals surface area contributed by atoms with Crippen molar-refractivity contribution in [1.82, 2.24) is 20.2 Å². The second kappa shape index (κ2) is 9.03. The number of hydrogen-bond donors (Lipinski definition) is 2. The minimum absolute atomic E-state index is 0.0422. The quantitative estimate of drug-likeness (QED) is 0.649. The zero-order chi connectivity index (χ0) is 20.1. The van der Waals surface area contributed by atoms with E-state index in [1.807, 2.05) is 42.5 Å². The van der Waals surface area contributed by atoms with Gasteiger partial charge in [-0.1, -0.05) is 42.5 Å². The normalized spacial score (nSPS) is 13.3. The molecule has 0 aliphatic carbocycles. The van der Waals surface area contributed by atoms with E-state index < -0.39 is 0 Å². The third-order valence-electron chi connectivity index (χ3n) is 5.11. The van der Waals surface area contributed by atoms with E-state index >= 15 is 0 Å². The number of para-hydroxylation sites is 1. The van der Waals surface area contributed by atoms with Gasteiger partial charge < -0.3 is 15.0 Å². The van der Waals surface area contributed by atoms with Crippen LogP contribution < -0.4 is 15.6 Å². The molecule has 3 aromatic rings. The Morgan fingerprint density at radius 1 is 1.10 bits per heavy atom. The van der Waals surface area contributed by atoms with Gasteiger partial charge in [-0.3, -0.25) is 9.69 Å². The summed E-state index contributed by atoms with van der Waals surface area (Å²) >= 11 is 0. The van der Waals surface area contributed by atoms with Crippen molar-refractivity contribution < 1.29 is 4.74 Å². The summed E-state index contributed by atoms with van der Waals surface area (Å²) in [5.74, 6) is 1.54. The summed E-state index contributed by atoms with van der Waals surface area (Å²) < 4.78 is 5.76. The molecule has 0 atom stereocenters. The molecule has 1 aliphatic heterocycles. The Morgan fingerprint density at radius 3 is 2.69 bits per heavy atom. The van der Waals surface area contributed by atoms with Crippen LogP contribution in [0.15, 0.2) is 59.4 Å². The van der Waals surface area contributed by atoms with Crippen LogP contribution in [0.25, 0.3) is 11.4 Å². The van der Waals surface area contributed by atoms with E-state index in [2.05, 4.69) is 39.4 Å². The fourth-order valence-corrected chi connectivity index (χ4v) is 3.49. The second-order valence-electron chi connectivity index (χ2n) is 7.36. The highest BCUT2D eigenvalue weighted by Gasteiger charge is 2.15. The smallest absolute Gasteiger partial charge is 0.255 e. The van der Waals surface area contributed by atoms with Crippen molar-refractivity contribution in [3.05, 3.63) is 81.8 Å². The van der Waals surface area contributed by atoms with Gasteiger partial charge in [-0.05, 0) is 24.7 Å². The van der Waals surface area contributed by atoms with E-state index in [-0.39, 0.29) is 5.56 Å². The van der Waals surface area contributed by atoms with Crippen LogP contribution in [-0.4, -0.2) is 41.6 Å². The maximum atomic E-state index is 12.3. The molecule has 6 heteroatoms. The second-order valence-corrected chi connectivity index (χ2v) is 7.36. The van der Waals surface area contributed by atoms with Crippen LogP contribution >= 0.6 is 0 Å². The van der Waals surface area contributed by atoms with E-state index in [1.165, 1.54) is 5.56 Å². The first-order valence-corrected chi connectivity index (χ1v) is 9.97. The summed E-state index contributed by atoms with van der Waals surface area (Å²) in [6.45, 7) is 3.77. The summed E-state index contributed by atoms with van der Waals surface area (Å²) in [4.78, 5) is 22.1. The molecular weight excluding hydrogens is 364 g/mol. The predicted molar refractivity (Wildman–Crippen MR) is 114 cm³/mol. The molecule has 0 fully saturated rings. The number of nitrogens with one attached hydrogen (secondary N) is 2. The van der Waals surface area contributed by atoms with Gasteiger partial charge in [0.1, 0.15) is 18.2 Å². The highest BCUT2D eigenvalue weighted by atomic mass is 16.5. The summed E-state index contributed by atoms with van der Waals surface area (Å²) in [6, 6.07) is 18.1. The third-order valence-corrected chi connectivity index (χ3v) is 5.11. The van der Waals surface area contributed by atoms with Gasteiger partial charge in [0.05, 0.1) is 11.3 Å². The van der Waals surface area contributed by atoms with Crippen molar-refractivity contribution in [1.29, 1.82) is 0 Å². The molecule has 1 aromatic heterocycles. The number of rotatable bonds is 7. The van der Waals surface area contributed by atoms with Crippen LogP contribution in [0.3, 0.4) is 0 Å². The highest BCUT2D eigenvalue weighted by Crippen LogP contribution is 2.18. The molecule has 0 bridgehead atoms. The molecule has 0 saturated carbocycles. The molecule has 0 spiro atoms. The standard InChI is InChI=1S/C23H26N4O2/c1-27(13-14-29-19-5-3-2-4-6-19)16-17-7-9-18(10-8-17)22-25-21-11-12-24-15-20(21)23(28)26-22/h2-10,24H,11-16H2,1H3,(H,25,26,28). The molecule has 2 aromatic carbocycles. The van der Waals surface area contributed by atoms with E-state index in [1.54, 1.807) is 0 Å². The van der Waals surface area contributed by atoms with Gasteiger partial charge in [0.25, 0.3) is 5.56 Å². The van der Waals surface area contributed by atoms with Gasteiger partial charge >= 0.3 is 0 Å². The van der Waals surface area contributed by atoms with Gasteiger partial charge in [0, 0.05) is 38.2 Å². The molecular formula is C23H26N4O2. The summed E-state index contributed by atoms with van der Waals surface area (Å²) in [7, 11) is 2.08. The van der Waals surface area contributed by atoms with E-state index in [9.17, 15) is 4.79 Å². The number of benzene rings is 2. The van der Waals surface area contributed by atoms with Crippen molar-refractivity contribution in [2.45, 2.75) is 19.5 Å². The van der Waals surface area contributed by atoms with Crippen molar-refractivity contribution in [3.8, 4) is 17.1 Å². The molecule has 2 heterocycles. The fourth-order valence-electron chi connectivity index (χ4n) is 3.49. The number of H-pyrrole nitrogens is 1. The molecule has 29 heavy (non-hydrogen) atoms. The topological polar surface area (TPSA) is 70.2 Å². The van der Waals surface area contributed by atoms with Crippen molar-refractivity contribution in [3.63, 3.8) is 0 Å². The Kier molecular flexibility index (Phi) is 6.03. The van der Waals surface area contributed by atoms with Crippen molar-refractivity contribution in [2.24, 2.45) is 0 Å². The summed E-state index contributed by atoms with van der Waals surface area (Å²) in [5, 5.41) is 3.22. The molecule has 2 N–H and O–H groups in total. The lowest BCUT2D eigenvalue weighted by Crippen LogP contribution is -2.31. The number of nitrogens with zero attached hydrogens (tertiary/aromatic N) is 2. The van der Waals surface area contributed by atoms with Crippen LogP contribution in [0.2, 0.25) is 0 Å². The number of aromatic amines is 1.